The van der Waals surface area contributed by atoms with E-state index >= 15 is 0 Å². The summed E-state index contributed by atoms with van der Waals surface area (Å²) >= 11 is 3.28. The topological polar surface area (TPSA) is 76.7 Å². The number of methoxy groups -OCH3 is 1. The zero-order valence-corrected chi connectivity index (χ0v) is 13.5. The summed E-state index contributed by atoms with van der Waals surface area (Å²) in [5.41, 5.74) is 0. The lowest BCUT2D eigenvalue weighted by atomic mass is 10.3. The molecular formula is C12H17BrN2O4S. The van der Waals surface area contributed by atoms with Crippen molar-refractivity contribution in [3.8, 4) is 5.75 Å². The Bertz CT molecular complexity index is 559. The van der Waals surface area contributed by atoms with Gasteiger partial charge in [0.15, 0.2) is 0 Å². The zero-order valence-electron chi connectivity index (χ0n) is 11.1. The van der Waals surface area contributed by atoms with E-state index in [2.05, 4.69) is 26.0 Å². The zero-order chi connectivity index (χ0) is 14.6. The largest absolute Gasteiger partial charge is 0.496 e. The molecule has 2 rings (SSSR count). The molecule has 20 heavy (non-hydrogen) atoms. The highest BCUT2D eigenvalue weighted by molar-refractivity contribution is 9.10. The molecule has 0 aliphatic carbocycles. The third-order valence-corrected chi connectivity index (χ3v) is 4.98. The van der Waals surface area contributed by atoms with E-state index in [0.29, 0.717) is 23.4 Å². The molecule has 0 amide bonds. The first kappa shape index (κ1) is 15.7. The Morgan fingerprint density at radius 1 is 1.55 bits per heavy atom. The highest BCUT2D eigenvalue weighted by Crippen LogP contribution is 2.27. The van der Waals surface area contributed by atoms with Gasteiger partial charge in [0, 0.05) is 19.6 Å². The van der Waals surface area contributed by atoms with Gasteiger partial charge in [0.1, 0.15) is 5.75 Å². The predicted molar refractivity (Wildman–Crippen MR) is 78.5 cm³/mol. The van der Waals surface area contributed by atoms with Crippen LogP contribution in [0.3, 0.4) is 0 Å². The number of benzene rings is 1. The van der Waals surface area contributed by atoms with E-state index in [0.717, 1.165) is 6.54 Å². The fourth-order valence-electron chi connectivity index (χ4n) is 1.85. The molecule has 1 aromatic rings. The van der Waals surface area contributed by atoms with Gasteiger partial charge in [0.25, 0.3) is 0 Å². The highest BCUT2D eigenvalue weighted by atomic mass is 79.9. The molecule has 0 aromatic heterocycles. The van der Waals surface area contributed by atoms with Crippen LogP contribution in [0, 0.1) is 0 Å². The standard InChI is InChI=1S/C12H17BrN2O4S/c1-18-12-3-2-10(6-11(12)13)20(16,17)15-8-9-7-14-4-5-19-9/h2-3,6,9,14-15H,4-5,7-8H2,1H3. The van der Waals surface area contributed by atoms with Crippen molar-refractivity contribution in [2.75, 3.05) is 33.4 Å². The second kappa shape index (κ2) is 6.86. The monoisotopic (exact) mass is 364 g/mol. The van der Waals surface area contributed by atoms with Gasteiger partial charge in [0.2, 0.25) is 10.0 Å². The Kier molecular flexibility index (Phi) is 5.39. The van der Waals surface area contributed by atoms with Gasteiger partial charge in [-0.15, -0.1) is 0 Å². The van der Waals surface area contributed by atoms with Gasteiger partial charge >= 0.3 is 0 Å². The van der Waals surface area contributed by atoms with Crippen LogP contribution in [-0.4, -0.2) is 47.9 Å². The van der Waals surface area contributed by atoms with Crippen LogP contribution in [0.25, 0.3) is 0 Å². The van der Waals surface area contributed by atoms with E-state index in [1.54, 1.807) is 6.07 Å². The van der Waals surface area contributed by atoms with Crippen molar-refractivity contribution in [2.24, 2.45) is 0 Å². The summed E-state index contributed by atoms with van der Waals surface area (Å²) in [6, 6.07) is 4.63. The quantitative estimate of drug-likeness (QED) is 0.805. The molecule has 1 unspecified atom stereocenters. The summed E-state index contributed by atoms with van der Waals surface area (Å²) in [5, 5.41) is 3.15. The van der Waals surface area contributed by atoms with Crippen LogP contribution in [-0.2, 0) is 14.8 Å². The van der Waals surface area contributed by atoms with Crippen LogP contribution >= 0.6 is 15.9 Å². The van der Waals surface area contributed by atoms with E-state index in [1.165, 1.54) is 19.2 Å². The Hall–Kier alpha value is -0.670. The van der Waals surface area contributed by atoms with Gasteiger partial charge in [-0.05, 0) is 34.1 Å². The summed E-state index contributed by atoms with van der Waals surface area (Å²) in [7, 11) is -2.02. The van der Waals surface area contributed by atoms with Gasteiger partial charge in [-0.3, -0.25) is 0 Å². The minimum absolute atomic E-state index is 0.139. The Morgan fingerprint density at radius 2 is 2.35 bits per heavy atom. The normalized spacial score (nSPS) is 19.8. The van der Waals surface area contributed by atoms with Gasteiger partial charge in [-0.1, -0.05) is 0 Å². The minimum Gasteiger partial charge on any atom is -0.496 e. The van der Waals surface area contributed by atoms with Gasteiger partial charge in [-0.25, -0.2) is 13.1 Å². The Labute approximate surface area is 127 Å². The SMILES string of the molecule is COc1ccc(S(=O)(=O)NCC2CNCCO2)cc1Br. The first-order chi connectivity index (χ1) is 9.53. The van der Waals surface area contributed by atoms with E-state index in [9.17, 15) is 8.42 Å². The molecule has 112 valence electrons. The van der Waals surface area contributed by atoms with Crippen LogP contribution < -0.4 is 14.8 Å². The van der Waals surface area contributed by atoms with Crippen molar-refractivity contribution in [1.29, 1.82) is 0 Å². The number of morpholine rings is 1. The molecule has 1 saturated heterocycles. The third-order valence-electron chi connectivity index (χ3n) is 2.94. The maximum Gasteiger partial charge on any atom is 0.240 e. The first-order valence-corrected chi connectivity index (χ1v) is 8.46. The summed E-state index contributed by atoms with van der Waals surface area (Å²) in [6.07, 6.45) is -0.139. The molecule has 1 fully saturated rings. The van der Waals surface area contributed by atoms with Crippen molar-refractivity contribution in [3.63, 3.8) is 0 Å². The molecule has 8 heteroatoms. The highest BCUT2D eigenvalue weighted by Gasteiger charge is 2.19. The number of nitrogens with one attached hydrogen (secondary N) is 2. The average molecular weight is 365 g/mol. The number of halogens is 1. The maximum absolute atomic E-state index is 12.2. The molecule has 1 aliphatic rings. The van der Waals surface area contributed by atoms with E-state index in [1.807, 2.05) is 0 Å². The lowest BCUT2D eigenvalue weighted by molar-refractivity contribution is 0.0324. The summed E-state index contributed by atoms with van der Waals surface area (Å²) in [5.74, 6) is 0.587. The lowest BCUT2D eigenvalue weighted by Gasteiger charge is -2.23. The summed E-state index contributed by atoms with van der Waals surface area (Å²) in [6.45, 7) is 2.29. The first-order valence-electron chi connectivity index (χ1n) is 6.18. The van der Waals surface area contributed by atoms with Crippen LogP contribution in [0.15, 0.2) is 27.6 Å². The van der Waals surface area contributed by atoms with Crippen molar-refractivity contribution in [2.45, 2.75) is 11.0 Å². The van der Waals surface area contributed by atoms with Crippen LogP contribution in [0.1, 0.15) is 0 Å². The molecule has 2 N–H and O–H groups in total. The van der Waals surface area contributed by atoms with E-state index in [-0.39, 0.29) is 17.5 Å². The van der Waals surface area contributed by atoms with E-state index < -0.39 is 10.0 Å². The summed E-state index contributed by atoms with van der Waals surface area (Å²) in [4.78, 5) is 0.189. The smallest absolute Gasteiger partial charge is 0.240 e. The number of hydrogen-bond donors (Lipinski definition) is 2. The molecule has 0 bridgehead atoms. The second-order valence-electron chi connectivity index (χ2n) is 4.35. The minimum atomic E-state index is -3.55. The molecule has 0 saturated carbocycles. The molecule has 1 atom stereocenters. The molecule has 0 spiro atoms. The molecule has 1 aliphatic heterocycles. The fourth-order valence-corrected chi connectivity index (χ4v) is 3.64. The molecule has 6 nitrogen and oxygen atoms in total. The Balaban J connectivity index is 2.04. The number of rotatable bonds is 5. The van der Waals surface area contributed by atoms with Crippen molar-refractivity contribution in [3.05, 3.63) is 22.7 Å². The Morgan fingerprint density at radius 3 is 2.95 bits per heavy atom. The van der Waals surface area contributed by atoms with Crippen LogP contribution in [0.2, 0.25) is 0 Å². The number of sulfonamides is 1. The van der Waals surface area contributed by atoms with Crippen LogP contribution in [0.5, 0.6) is 5.75 Å². The van der Waals surface area contributed by atoms with Crippen molar-refractivity contribution < 1.29 is 17.9 Å². The molecule has 1 aromatic carbocycles. The van der Waals surface area contributed by atoms with Gasteiger partial charge in [0.05, 0.1) is 29.2 Å². The summed E-state index contributed by atoms with van der Waals surface area (Å²) < 4.78 is 38.0. The average Bonchev–Trinajstić information content (AvgIpc) is 2.46. The fraction of sp³-hybridized carbons (Fsp3) is 0.500. The molecule has 0 radical (unpaired) electrons. The predicted octanol–water partition coefficient (Wildman–Crippen LogP) is 0.724. The van der Waals surface area contributed by atoms with Crippen molar-refractivity contribution in [1.82, 2.24) is 10.0 Å². The molecule has 1 heterocycles. The van der Waals surface area contributed by atoms with Crippen LogP contribution in [0.4, 0.5) is 0 Å². The second-order valence-corrected chi connectivity index (χ2v) is 6.97. The number of ether oxygens (including phenoxy) is 2. The molecular weight excluding hydrogens is 348 g/mol. The number of hydrogen-bond acceptors (Lipinski definition) is 5. The van der Waals surface area contributed by atoms with Gasteiger partial charge in [-0.2, -0.15) is 0 Å². The van der Waals surface area contributed by atoms with Crippen molar-refractivity contribution >= 4 is 26.0 Å². The third kappa shape index (κ3) is 3.92. The van der Waals surface area contributed by atoms with E-state index in [4.69, 9.17) is 9.47 Å². The van der Waals surface area contributed by atoms with Gasteiger partial charge < -0.3 is 14.8 Å². The lowest BCUT2D eigenvalue weighted by Crippen LogP contribution is -2.45. The maximum atomic E-state index is 12.2.